The molecule has 1 aliphatic heterocycles. The molecular weight excluding hydrogens is 331 g/mol. The van der Waals surface area contributed by atoms with Crippen molar-refractivity contribution < 1.29 is 13.9 Å². The SMILES string of the molecule is O=C(C[C@@H](c1ccccc1)c1ccccc1F)NCCN1CCOCC1. The van der Waals surface area contributed by atoms with Crippen LogP contribution in [-0.2, 0) is 9.53 Å². The first kappa shape index (κ1) is 18.5. The van der Waals surface area contributed by atoms with Crippen molar-refractivity contribution >= 4 is 5.91 Å². The topological polar surface area (TPSA) is 41.6 Å². The minimum absolute atomic E-state index is 0.0598. The summed E-state index contributed by atoms with van der Waals surface area (Å²) in [6, 6.07) is 16.3. The molecule has 0 aromatic heterocycles. The molecule has 5 heteroatoms. The number of nitrogens with one attached hydrogen (secondary N) is 1. The van der Waals surface area contributed by atoms with E-state index in [1.807, 2.05) is 36.4 Å². The normalized spacial score (nSPS) is 16.2. The maximum absolute atomic E-state index is 14.3. The van der Waals surface area contributed by atoms with E-state index in [0.717, 1.165) is 38.4 Å². The van der Waals surface area contributed by atoms with Gasteiger partial charge in [-0.2, -0.15) is 0 Å². The maximum Gasteiger partial charge on any atom is 0.220 e. The van der Waals surface area contributed by atoms with Crippen molar-refractivity contribution in [3.63, 3.8) is 0 Å². The third-order valence-corrected chi connectivity index (χ3v) is 4.73. The molecule has 1 heterocycles. The van der Waals surface area contributed by atoms with Gasteiger partial charge >= 0.3 is 0 Å². The number of carbonyl (C=O) groups excluding carboxylic acids is 1. The average Bonchev–Trinajstić information content (AvgIpc) is 2.68. The molecule has 0 aliphatic carbocycles. The second-order valence-corrected chi connectivity index (χ2v) is 6.49. The Bertz CT molecular complexity index is 702. The first-order valence-corrected chi connectivity index (χ1v) is 9.10. The fraction of sp³-hybridized carbons (Fsp3) is 0.381. The van der Waals surface area contributed by atoms with E-state index in [2.05, 4.69) is 10.2 Å². The molecule has 26 heavy (non-hydrogen) atoms. The molecule has 1 fully saturated rings. The minimum atomic E-state index is -0.291. The third-order valence-electron chi connectivity index (χ3n) is 4.73. The molecule has 4 nitrogen and oxygen atoms in total. The molecule has 1 saturated heterocycles. The summed E-state index contributed by atoms with van der Waals surface area (Å²) in [4.78, 5) is 14.7. The van der Waals surface area contributed by atoms with Gasteiger partial charge in [0.25, 0.3) is 0 Å². The number of halogens is 1. The van der Waals surface area contributed by atoms with Crippen LogP contribution in [0.2, 0.25) is 0 Å². The van der Waals surface area contributed by atoms with Crippen LogP contribution in [0, 0.1) is 5.82 Å². The van der Waals surface area contributed by atoms with Crippen molar-refractivity contribution in [2.24, 2.45) is 0 Å². The van der Waals surface area contributed by atoms with Gasteiger partial charge in [0.05, 0.1) is 13.2 Å². The highest BCUT2D eigenvalue weighted by Crippen LogP contribution is 2.29. The Labute approximate surface area is 154 Å². The number of rotatable bonds is 7. The lowest BCUT2D eigenvalue weighted by Crippen LogP contribution is -2.41. The highest BCUT2D eigenvalue weighted by atomic mass is 19.1. The molecule has 2 aromatic carbocycles. The molecule has 1 aliphatic rings. The van der Waals surface area contributed by atoms with E-state index in [1.54, 1.807) is 12.1 Å². The van der Waals surface area contributed by atoms with Crippen LogP contribution in [-0.4, -0.2) is 50.2 Å². The van der Waals surface area contributed by atoms with Gasteiger partial charge in [0.1, 0.15) is 5.82 Å². The van der Waals surface area contributed by atoms with E-state index in [0.29, 0.717) is 12.1 Å². The highest BCUT2D eigenvalue weighted by Gasteiger charge is 2.21. The van der Waals surface area contributed by atoms with Gasteiger partial charge in [-0.15, -0.1) is 0 Å². The van der Waals surface area contributed by atoms with Gasteiger partial charge in [0.2, 0.25) is 5.91 Å². The second-order valence-electron chi connectivity index (χ2n) is 6.49. The van der Waals surface area contributed by atoms with Gasteiger partial charge in [0.15, 0.2) is 0 Å². The average molecular weight is 356 g/mol. The monoisotopic (exact) mass is 356 g/mol. The minimum Gasteiger partial charge on any atom is -0.379 e. The maximum atomic E-state index is 14.3. The van der Waals surface area contributed by atoms with Crippen molar-refractivity contribution in [3.05, 3.63) is 71.5 Å². The van der Waals surface area contributed by atoms with Crippen LogP contribution < -0.4 is 5.32 Å². The number of hydrogen-bond donors (Lipinski definition) is 1. The third kappa shape index (κ3) is 5.13. The number of hydrogen-bond acceptors (Lipinski definition) is 3. The summed E-state index contributed by atoms with van der Waals surface area (Å²) in [5, 5.41) is 2.98. The zero-order valence-corrected chi connectivity index (χ0v) is 14.9. The predicted molar refractivity (Wildman–Crippen MR) is 99.6 cm³/mol. The molecule has 1 N–H and O–H groups in total. The first-order chi connectivity index (χ1) is 12.7. The second kappa shape index (κ2) is 9.46. The van der Waals surface area contributed by atoms with Crippen molar-refractivity contribution in [2.45, 2.75) is 12.3 Å². The number of benzene rings is 2. The molecular formula is C21H25FN2O2. The Kier molecular flexibility index (Phi) is 6.75. The number of carbonyl (C=O) groups is 1. The molecule has 3 rings (SSSR count). The molecule has 2 aromatic rings. The number of amides is 1. The highest BCUT2D eigenvalue weighted by molar-refractivity contribution is 5.77. The van der Waals surface area contributed by atoms with Crippen LogP contribution in [0.25, 0.3) is 0 Å². The molecule has 0 saturated carbocycles. The van der Waals surface area contributed by atoms with E-state index in [9.17, 15) is 9.18 Å². The fourth-order valence-electron chi connectivity index (χ4n) is 3.29. The van der Waals surface area contributed by atoms with Gasteiger partial charge in [-0.1, -0.05) is 48.5 Å². The van der Waals surface area contributed by atoms with Crippen LogP contribution in [0.3, 0.4) is 0 Å². The number of nitrogens with zero attached hydrogens (tertiary/aromatic N) is 1. The lowest BCUT2D eigenvalue weighted by Gasteiger charge is -2.26. The lowest BCUT2D eigenvalue weighted by molar-refractivity contribution is -0.121. The zero-order valence-electron chi connectivity index (χ0n) is 14.9. The first-order valence-electron chi connectivity index (χ1n) is 9.10. The standard InChI is InChI=1S/C21H25FN2O2/c22-20-9-5-4-8-18(20)19(17-6-2-1-3-7-17)16-21(25)23-10-11-24-12-14-26-15-13-24/h1-9,19H,10-16H2,(H,23,25)/t19-/m0/s1. The van der Waals surface area contributed by atoms with Crippen LogP contribution in [0.4, 0.5) is 4.39 Å². The van der Waals surface area contributed by atoms with Crippen LogP contribution >= 0.6 is 0 Å². The van der Waals surface area contributed by atoms with E-state index in [1.165, 1.54) is 6.07 Å². The summed E-state index contributed by atoms with van der Waals surface area (Å²) in [6.45, 7) is 4.70. The van der Waals surface area contributed by atoms with Gasteiger partial charge in [-0.05, 0) is 17.2 Å². The van der Waals surface area contributed by atoms with Crippen molar-refractivity contribution in [1.82, 2.24) is 10.2 Å². The Morgan fingerprint density at radius 1 is 1.08 bits per heavy atom. The summed E-state index contributed by atoms with van der Waals surface area (Å²) >= 11 is 0. The quantitative estimate of drug-likeness (QED) is 0.829. The molecule has 0 radical (unpaired) electrons. The Hall–Kier alpha value is -2.24. The van der Waals surface area contributed by atoms with Gasteiger partial charge in [-0.3, -0.25) is 9.69 Å². The van der Waals surface area contributed by atoms with Crippen LogP contribution in [0.5, 0.6) is 0 Å². The van der Waals surface area contributed by atoms with Gasteiger partial charge in [0, 0.05) is 38.5 Å². The Morgan fingerprint density at radius 2 is 1.77 bits per heavy atom. The lowest BCUT2D eigenvalue weighted by atomic mass is 9.88. The molecule has 0 bridgehead atoms. The molecule has 0 unspecified atom stereocenters. The van der Waals surface area contributed by atoms with Crippen molar-refractivity contribution in [3.8, 4) is 0 Å². The molecule has 138 valence electrons. The van der Waals surface area contributed by atoms with Gasteiger partial charge in [-0.25, -0.2) is 4.39 Å². The smallest absolute Gasteiger partial charge is 0.220 e. The summed E-state index contributed by atoms with van der Waals surface area (Å²) in [7, 11) is 0. The van der Waals surface area contributed by atoms with E-state index in [4.69, 9.17) is 4.74 Å². The van der Waals surface area contributed by atoms with Crippen molar-refractivity contribution in [1.29, 1.82) is 0 Å². The predicted octanol–water partition coefficient (Wildman–Crippen LogP) is 2.80. The molecule has 1 atom stereocenters. The zero-order chi connectivity index (χ0) is 18.2. The largest absolute Gasteiger partial charge is 0.379 e. The van der Waals surface area contributed by atoms with Crippen LogP contribution in [0.1, 0.15) is 23.5 Å². The van der Waals surface area contributed by atoms with E-state index < -0.39 is 0 Å². The van der Waals surface area contributed by atoms with E-state index in [-0.39, 0.29) is 24.1 Å². The fourth-order valence-corrected chi connectivity index (χ4v) is 3.29. The van der Waals surface area contributed by atoms with Crippen molar-refractivity contribution in [2.75, 3.05) is 39.4 Å². The summed E-state index contributed by atoms with van der Waals surface area (Å²) in [6.07, 6.45) is 0.230. The van der Waals surface area contributed by atoms with Crippen LogP contribution in [0.15, 0.2) is 54.6 Å². The summed E-state index contributed by atoms with van der Waals surface area (Å²) in [5.74, 6) is -0.626. The Balaban J connectivity index is 1.62. The number of ether oxygens (including phenoxy) is 1. The molecule has 1 amide bonds. The van der Waals surface area contributed by atoms with Gasteiger partial charge < -0.3 is 10.1 Å². The molecule has 0 spiro atoms. The Morgan fingerprint density at radius 3 is 2.50 bits per heavy atom. The summed E-state index contributed by atoms with van der Waals surface area (Å²) < 4.78 is 19.6. The summed E-state index contributed by atoms with van der Waals surface area (Å²) in [5.41, 5.74) is 1.50. The number of morpholine rings is 1. The van der Waals surface area contributed by atoms with E-state index >= 15 is 0 Å².